The number of carbonyl (C=O) groups excluding carboxylic acids is 2. The summed E-state index contributed by atoms with van der Waals surface area (Å²) in [5.41, 5.74) is 5.96. The van der Waals surface area contributed by atoms with Crippen LogP contribution < -0.4 is 16.0 Å². The third-order valence-electron chi connectivity index (χ3n) is 4.55. The number of urea groups is 1. The molecule has 0 saturated carbocycles. The molecule has 0 bridgehead atoms. The molecule has 3 N–H and O–H groups in total. The summed E-state index contributed by atoms with van der Waals surface area (Å²) in [6.45, 7) is 7.72. The highest BCUT2D eigenvalue weighted by Crippen LogP contribution is 2.28. The van der Waals surface area contributed by atoms with E-state index in [2.05, 4.69) is 16.0 Å². The zero-order chi connectivity index (χ0) is 18.8. The Kier molecular flexibility index (Phi) is 4.80. The monoisotopic (exact) mass is 349 g/mol. The van der Waals surface area contributed by atoms with Crippen molar-refractivity contribution < 1.29 is 9.59 Å². The van der Waals surface area contributed by atoms with Crippen LogP contribution in [0.3, 0.4) is 0 Å². The molecule has 5 heteroatoms. The van der Waals surface area contributed by atoms with Crippen LogP contribution >= 0.6 is 0 Å². The Morgan fingerprint density at radius 1 is 0.962 bits per heavy atom. The van der Waals surface area contributed by atoms with Crippen LogP contribution in [0.5, 0.6) is 0 Å². The number of nitrogens with one attached hydrogen (secondary N) is 3. The molecule has 5 nitrogen and oxygen atoms in total. The molecule has 1 aliphatic rings. The minimum absolute atomic E-state index is 0.229. The predicted molar refractivity (Wildman–Crippen MR) is 103 cm³/mol. The van der Waals surface area contributed by atoms with Gasteiger partial charge in [-0.1, -0.05) is 47.5 Å². The molecule has 2 aromatic rings. The molecule has 0 fully saturated rings. The lowest BCUT2D eigenvalue weighted by Gasteiger charge is -2.29. The van der Waals surface area contributed by atoms with Crippen LogP contribution in [0.1, 0.15) is 35.2 Å². The van der Waals surface area contributed by atoms with Crippen LogP contribution in [0.15, 0.2) is 53.7 Å². The Morgan fingerprint density at radius 3 is 2.27 bits per heavy atom. The Balaban J connectivity index is 1.95. The van der Waals surface area contributed by atoms with Gasteiger partial charge in [-0.25, -0.2) is 4.79 Å². The fourth-order valence-electron chi connectivity index (χ4n) is 3.15. The van der Waals surface area contributed by atoms with Gasteiger partial charge in [-0.2, -0.15) is 0 Å². The lowest BCUT2D eigenvalue weighted by atomic mass is 9.94. The summed E-state index contributed by atoms with van der Waals surface area (Å²) in [6, 6.07) is 12.9. The predicted octanol–water partition coefficient (Wildman–Crippen LogP) is 3.88. The molecule has 1 heterocycles. The molecular weight excluding hydrogens is 326 g/mol. The number of amides is 3. The quantitative estimate of drug-likeness (QED) is 0.787. The van der Waals surface area contributed by atoms with E-state index in [1.54, 1.807) is 6.92 Å². The van der Waals surface area contributed by atoms with Crippen LogP contribution in [-0.2, 0) is 4.79 Å². The van der Waals surface area contributed by atoms with Gasteiger partial charge in [0.05, 0.1) is 11.6 Å². The fourth-order valence-corrected chi connectivity index (χ4v) is 3.15. The van der Waals surface area contributed by atoms with Crippen LogP contribution in [0.4, 0.5) is 10.5 Å². The smallest absolute Gasteiger partial charge is 0.319 e. The van der Waals surface area contributed by atoms with Crippen molar-refractivity contribution in [2.75, 3.05) is 5.32 Å². The molecule has 0 radical (unpaired) electrons. The maximum atomic E-state index is 13.0. The van der Waals surface area contributed by atoms with Crippen molar-refractivity contribution >= 4 is 17.6 Å². The van der Waals surface area contributed by atoms with E-state index in [0.717, 1.165) is 27.9 Å². The van der Waals surface area contributed by atoms with Crippen molar-refractivity contribution in [3.8, 4) is 0 Å². The second-order valence-corrected chi connectivity index (χ2v) is 6.75. The van der Waals surface area contributed by atoms with Gasteiger partial charge in [0.2, 0.25) is 0 Å². The van der Waals surface area contributed by atoms with E-state index in [-0.39, 0.29) is 11.9 Å². The van der Waals surface area contributed by atoms with E-state index < -0.39 is 6.04 Å². The summed E-state index contributed by atoms with van der Waals surface area (Å²) in [5.74, 6) is -0.229. The molecule has 0 saturated heterocycles. The van der Waals surface area contributed by atoms with Crippen molar-refractivity contribution in [1.82, 2.24) is 10.6 Å². The van der Waals surface area contributed by atoms with Crippen LogP contribution in [0, 0.1) is 20.8 Å². The molecule has 0 spiro atoms. The molecule has 26 heavy (non-hydrogen) atoms. The number of anilines is 1. The van der Waals surface area contributed by atoms with Crippen LogP contribution in [0.2, 0.25) is 0 Å². The number of carbonyl (C=O) groups is 2. The van der Waals surface area contributed by atoms with Crippen molar-refractivity contribution in [1.29, 1.82) is 0 Å². The highest BCUT2D eigenvalue weighted by molar-refractivity contribution is 6.07. The van der Waals surface area contributed by atoms with E-state index in [1.165, 1.54) is 0 Å². The molecule has 1 aliphatic heterocycles. The number of allylic oxidation sites excluding steroid dienone is 1. The second-order valence-electron chi connectivity index (χ2n) is 6.75. The minimum Gasteiger partial charge on any atom is -0.327 e. The van der Waals surface area contributed by atoms with Gasteiger partial charge in [0.15, 0.2) is 0 Å². The molecule has 134 valence electrons. The topological polar surface area (TPSA) is 70.2 Å². The van der Waals surface area contributed by atoms with Gasteiger partial charge in [0.25, 0.3) is 5.91 Å². The molecule has 0 unspecified atom stereocenters. The van der Waals surface area contributed by atoms with Crippen molar-refractivity contribution in [3.05, 3.63) is 76.0 Å². The molecule has 2 aromatic carbocycles. The molecule has 0 aliphatic carbocycles. The second kappa shape index (κ2) is 7.04. The van der Waals surface area contributed by atoms with Gasteiger partial charge in [0.1, 0.15) is 0 Å². The van der Waals surface area contributed by atoms with Crippen molar-refractivity contribution in [2.24, 2.45) is 0 Å². The SMILES string of the molecule is CC1=C(C(=O)Nc2ccc(C)cc2C)[C@H](c2ccc(C)cc2)NC(=O)N1. The summed E-state index contributed by atoms with van der Waals surface area (Å²) >= 11 is 0. The largest absolute Gasteiger partial charge is 0.327 e. The minimum atomic E-state index is -0.491. The van der Waals surface area contributed by atoms with E-state index >= 15 is 0 Å². The first-order chi connectivity index (χ1) is 12.3. The first kappa shape index (κ1) is 17.7. The van der Waals surface area contributed by atoms with Crippen molar-refractivity contribution in [2.45, 2.75) is 33.7 Å². The van der Waals surface area contributed by atoms with Gasteiger partial charge in [-0.3, -0.25) is 4.79 Å². The summed E-state index contributed by atoms with van der Waals surface area (Å²) < 4.78 is 0. The van der Waals surface area contributed by atoms with Gasteiger partial charge in [0, 0.05) is 11.4 Å². The molecular formula is C21H23N3O2. The van der Waals surface area contributed by atoms with Crippen LogP contribution in [-0.4, -0.2) is 11.9 Å². The van der Waals surface area contributed by atoms with E-state index in [4.69, 9.17) is 0 Å². The maximum Gasteiger partial charge on any atom is 0.319 e. The van der Waals surface area contributed by atoms with Gasteiger partial charge in [-0.05, 0) is 44.9 Å². The zero-order valence-electron chi connectivity index (χ0n) is 15.4. The van der Waals surface area contributed by atoms with Gasteiger partial charge < -0.3 is 16.0 Å². The maximum absolute atomic E-state index is 13.0. The zero-order valence-corrected chi connectivity index (χ0v) is 15.4. The normalized spacial score (nSPS) is 16.8. The lowest BCUT2D eigenvalue weighted by Crippen LogP contribution is -2.46. The number of hydrogen-bond acceptors (Lipinski definition) is 2. The number of hydrogen-bond donors (Lipinski definition) is 3. The molecule has 1 atom stereocenters. The molecule has 3 amide bonds. The van der Waals surface area contributed by atoms with Crippen LogP contribution in [0.25, 0.3) is 0 Å². The summed E-state index contributed by atoms with van der Waals surface area (Å²) in [4.78, 5) is 25.0. The first-order valence-electron chi connectivity index (χ1n) is 8.58. The Bertz CT molecular complexity index is 898. The Hall–Kier alpha value is -3.08. The third-order valence-corrected chi connectivity index (χ3v) is 4.55. The van der Waals surface area contributed by atoms with E-state index in [0.29, 0.717) is 11.3 Å². The number of rotatable bonds is 3. The third kappa shape index (κ3) is 3.61. The average molecular weight is 349 g/mol. The summed E-state index contributed by atoms with van der Waals surface area (Å²) in [5, 5.41) is 8.53. The van der Waals surface area contributed by atoms with E-state index in [1.807, 2.05) is 63.2 Å². The standard InChI is InChI=1S/C21H23N3O2/c1-12-5-8-16(9-6-12)19-18(15(4)22-21(26)24-19)20(25)23-17-10-7-13(2)11-14(17)3/h5-11,19H,1-4H3,(H,23,25)(H2,22,24,26)/t19-/m0/s1. The summed E-state index contributed by atoms with van der Waals surface area (Å²) in [7, 11) is 0. The molecule has 3 rings (SSSR count). The lowest BCUT2D eigenvalue weighted by molar-refractivity contribution is -0.113. The van der Waals surface area contributed by atoms with Gasteiger partial charge >= 0.3 is 6.03 Å². The Morgan fingerprint density at radius 2 is 1.62 bits per heavy atom. The van der Waals surface area contributed by atoms with E-state index in [9.17, 15) is 9.59 Å². The van der Waals surface area contributed by atoms with Gasteiger partial charge in [-0.15, -0.1) is 0 Å². The fraction of sp³-hybridized carbons (Fsp3) is 0.238. The average Bonchev–Trinajstić information content (AvgIpc) is 2.57. The first-order valence-corrected chi connectivity index (χ1v) is 8.58. The highest BCUT2D eigenvalue weighted by atomic mass is 16.2. The van der Waals surface area contributed by atoms with Crippen molar-refractivity contribution in [3.63, 3.8) is 0 Å². The molecule has 0 aromatic heterocycles. The number of aryl methyl sites for hydroxylation is 3. The number of benzene rings is 2. The highest BCUT2D eigenvalue weighted by Gasteiger charge is 2.31. The summed E-state index contributed by atoms with van der Waals surface area (Å²) in [6.07, 6.45) is 0. The Labute approximate surface area is 153 Å².